The normalized spacial score (nSPS) is 11.3. The number of carbonyl (C=O) groups is 1. The summed E-state index contributed by atoms with van der Waals surface area (Å²) in [6, 6.07) is 5.81. The molecule has 0 aliphatic heterocycles. The summed E-state index contributed by atoms with van der Waals surface area (Å²) >= 11 is 3.19. The molecular formula is C13H14N2OS2. The maximum atomic E-state index is 11.8. The second-order valence-electron chi connectivity index (χ2n) is 4.11. The third-order valence-electron chi connectivity index (χ3n) is 2.35. The highest BCUT2D eigenvalue weighted by Gasteiger charge is 2.09. The summed E-state index contributed by atoms with van der Waals surface area (Å²) in [6.45, 7) is 4.23. The fourth-order valence-electron chi connectivity index (χ4n) is 1.36. The van der Waals surface area contributed by atoms with Gasteiger partial charge in [0.1, 0.15) is 0 Å². The molecule has 0 unspecified atom stereocenters. The Balaban J connectivity index is 1.95. The molecule has 0 atom stereocenters. The van der Waals surface area contributed by atoms with Crippen molar-refractivity contribution in [2.75, 3.05) is 0 Å². The molecule has 0 aromatic carbocycles. The Morgan fingerprint density at radius 2 is 2.28 bits per heavy atom. The van der Waals surface area contributed by atoms with Crippen molar-refractivity contribution >= 4 is 34.8 Å². The van der Waals surface area contributed by atoms with Gasteiger partial charge in [-0.2, -0.15) is 5.10 Å². The summed E-state index contributed by atoms with van der Waals surface area (Å²) in [5, 5.41) is 7.77. The zero-order valence-electron chi connectivity index (χ0n) is 10.2. The van der Waals surface area contributed by atoms with E-state index in [-0.39, 0.29) is 5.91 Å². The molecule has 2 heterocycles. The van der Waals surface area contributed by atoms with Gasteiger partial charge in [0.15, 0.2) is 0 Å². The van der Waals surface area contributed by atoms with E-state index in [0.29, 0.717) is 11.5 Å². The van der Waals surface area contributed by atoms with Crippen LogP contribution >= 0.6 is 22.7 Å². The van der Waals surface area contributed by atoms with Gasteiger partial charge in [-0.15, -0.1) is 22.7 Å². The number of nitrogens with zero attached hydrogens (tertiary/aromatic N) is 1. The van der Waals surface area contributed by atoms with Gasteiger partial charge < -0.3 is 0 Å². The van der Waals surface area contributed by atoms with Crippen molar-refractivity contribution in [3.05, 3.63) is 44.3 Å². The summed E-state index contributed by atoms with van der Waals surface area (Å²) < 4.78 is 0. The molecule has 18 heavy (non-hydrogen) atoms. The van der Waals surface area contributed by atoms with E-state index in [4.69, 9.17) is 0 Å². The minimum atomic E-state index is -0.161. The maximum Gasteiger partial charge on any atom is 0.272 e. The number of hydrogen-bond acceptors (Lipinski definition) is 4. The predicted molar refractivity (Wildman–Crippen MR) is 77.8 cm³/mol. The molecular weight excluding hydrogens is 264 g/mol. The molecule has 1 N–H and O–H groups in total. The van der Waals surface area contributed by atoms with E-state index in [1.165, 1.54) is 4.88 Å². The van der Waals surface area contributed by atoms with Crippen LogP contribution < -0.4 is 5.43 Å². The van der Waals surface area contributed by atoms with Crippen LogP contribution in [0.1, 0.15) is 39.9 Å². The standard InChI is InChI=1S/C13H14N2OS2/c1-9(2)12-6-10(8-18-12)13(16)15-14-7-11-4-3-5-17-11/h3-9H,1-2H3,(H,15,16)/b14-7+. The van der Waals surface area contributed by atoms with Crippen molar-refractivity contribution in [2.24, 2.45) is 5.10 Å². The first kappa shape index (κ1) is 13.0. The monoisotopic (exact) mass is 278 g/mol. The van der Waals surface area contributed by atoms with Crippen LogP contribution in [-0.2, 0) is 0 Å². The molecule has 0 aliphatic carbocycles. The van der Waals surface area contributed by atoms with Crippen LogP contribution in [0.15, 0.2) is 34.1 Å². The molecule has 5 heteroatoms. The number of thiophene rings is 2. The number of amides is 1. The van der Waals surface area contributed by atoms with Crippen molar-refractivity contribution in [2.45, 2.75) is 19.8 Å². The van der Waals surface area contributed by atoms with Gasteiger partial charge in [-0.25, -0.2) is 5.43 Å². The molecule has 0 bridgehead atoms. The molecule has 1 amide bonds. The van der Waals surface area contributed by atoms with E-state index in [0.717, 1.165) is 4.88 Å². The summed E-state index contributed by atoms with van der Waals surface area (Å²) in [5.41, 5.74) is 3.21. The summed E-state index contributed by atoms with van der Waals surface area (Å²) in [6.07, 6.45) is 1.65. The lowest BCUT2D eigenvalue weighted by atomic mass is 10.1. The molecule has 2 aromatic rings. The van der Waals surface area contributed by atoms with Gasteiger partial charge in [-0.05, 0) is 23.4 Å². The van der Waals surface area contributed by atoms with Gasteiger partial charge in [-0.1, -0.05) is 19.9 Å². The van der Waals surface area contributed by atoms with Gasteiger partial charge in [0.2, 0.25) is 0 Å². The minimum absolute atomic E-state index is 0.161. The molecule has 2 rings (SSSR count). The Kier molecular flexibility index (Phi) is 4.28. The average Bonchev–Trinajstić information content (AvgIpc) is 2.99. The van der Waals surface area contributed by atoms with E-state index in [1.54, 1.807) is 28.9 Å². The number of nitrogens with one attached hydrogen (secondary N) is 1. The Morgan fingerprint density at radius 1 is 1.44 bits per heavy atom. The molecule has 0 spiro atoms. The Bertz CT molecular complexity index is 541. The van der Waals surface area contributed by atoms with Crippen molar-refractivity contribution < 1.29 is 4.79 Å². The van der Waals surface area contributed by atoms with Crippen molar-refractivity contribution in [1.29, 1.82) is 0 Å². The molecule has 0 saturated carbocycles. The lowest BCUT2D eigenvalue weighted by molar-refractivity contribution is 0.0955. The highest BCUT2D eigenvalue weighted by Crippen LogP contribution is 2.22. The second kappa shape index (κ2) is 5.93. The molecule has 0 aliphatic rings. The molecule has 0 fully saturated rings. The van der Waals surface area contributed by atoms with Crippen LogP contribution in [-0.4, -0.2) is 12.1 Å². The third kappa shape index (κ3) is 3.27. The molecule has 3 nitrogen and oxygen atoms in total. The number of carbonyl (C=O) groups excluding carboxylic acids is 1. The van der Waals surface area contributed by atoms with E-state index < -0.39 is 0 Å². The lowest BCUT2D eigenvalue weighted by Gasteiger charge is -1.97. The fraction of sp³-hybridized carbons (Fsp3) is 0.231. The first-order valence-corrected chi connectivity index (χ1v) is 7.38. The fourth-order valence-corrected chi connectivity index (χ4v) is 2.85. The molecule has 2 aromatic heterocycles. The lowest BCUT2D eigenvalue weighted by Crippen LogP contribution is -2.16. The molecule has 0 radical (unpaired) electrons. The topological polar surface area (TPSA) is 41.5 Å². The zero-order chi connectivity index (χ0) is 13.0. The van der Waals surface area contributed by atoms with E-state index in [9.17, 15) is 4.79 Å². The van der Waals surface area contributed by atoms with Gasteiger partial charge in [-0.3, -0.25) is 4.79 Å². The summed E-state index contributed by atoms with van der Waals surface area (Å²) in [5.74, 6) is 0.289. The smallest absolute Gasteiger partial charge is 0.267 e. The van der Waals surface area contributed by atoms with E-state index in [2.05, 4.69) is 24.4 Å². The van der Waals surface area contributed by atoms with Crippen LogP contribution in [0.3, 0.4) is 0 Å². The first-order chi connectivity index (χ1) is 8.66. The minimum Gasteiger partial charge on any atom is -0.267 e. The van der Waals surface area contributed by atoms with Gasteiger partial charge in [0.25, 0.3) is 5.91 Å². The summed E-state index contributed by atoms with van der Waals surface area (Å²) in [4.78, 5) is 14.0. The SMILES string of the molecule is CC(C)c1cc(C(=O)N/N=C/c2cccs2)cs1. The van der Waals surface area contributed by atoms with Gasteiger partial charge >= 0.3 is 0 Å². The Hall–Kier alpha value is -1.46. The quantitative estimate of drug-likeness (QED) is 0.672. The maximum absolute atomic E-state index is 11.8. The largest absolute Gasteiger partial charge is 0.272 e. The first-order valence-electron chi connectivity index (χ1n) is 5.62. The number of hydrazone groups is 1. The van der Waals surface area contributed by atoms with Crippen LogP contribution in [0.4, 0.5) is 0 Å². The van der Waals surface area contributed by atoms with Crippen LogP contribution in [0.5, 0.6) is 0 Å². The highest BCUT2D eigenvalue weighted by molar-refractivity contribution is 7.11. The number of hydrogen-bond donors (Lipinski definition) is 1. The Labute approximate surface area is 114 Å². The Morgan fingerprint density at radius 3 is 2.89 bits per heavy atom. The predicted octanol–water partition coefficient (Wildman–Crippen LogP) is 3.70. The third-order valence-corrected chi connectivity index (χ3v) is 4.39. The van der Waals surface area contributed by atoms with Crippen molar-refractivity contribution in [3.8, 4) is 0 Å². The van der Waals surface area contributed by atoms with Crippen LogP contribution in [0.2, 0.25) is 0 Å². The van der Waals surface area contributed by atoms with E-state index >= 15 is 0 Å². The van der Waals surface area contributed by atoms with Gasteiger partial charge in [0, 0.05) is 15.1 Å². The molecule has 0 saturated heterocycles. The van der Waals surface area contributed by atoms with Gasteiger partial charge in [0.05, 0.1) is 11.8 Å². The van der Waals surface area contributed by atoms with Crippen LogP contribution in [0.25, 0.3) is 0 Å². The highest BCUT2D eigenvalue weighted by atomic mass is 32.1. The van der Waals surface area contributed by atoms with Crippen molar-refractivity contribution in [3.63, 3.8) is 0 Å². The summed E-state index contributed by atoms with van der Waals surface area (Å²) in [7, 11) is 0. The average molecular weight is 278 g/mol. The zero-order valence-corrected chi connectivity index (χ0v) is 11.8. The second-order valence-corrected chi connectivity index (χ2v) is 6.03. The van der Waals surface area contributed by atoms with Crippen molar-refractivity contribution in [1.82, 2.24) is 5.43 Å². The van der Waals surface area contributed by atoms with Crippen LogP contribution in [0, 0.1) is 0 Å². The molecule has 94 valence electrons. The van der Waals surface area contributed by atoms with E-state index in [1.807, 2.05) is 29.0 Å². The number of rotatable bonds is 4.